The van der Waals surface area contributed by atoms with E-state index in [1.807, 2.05) is 0 Å². The highest BCUT2D eigenvalue weighted by Gasteiger charge is 2.28. The van der Waals surface area contributed by atoms with E-state index in [1.54, 1.807) is 0 Å². The Morgan fingerprint density at radius 2 is 1.57 bits per heavy atom. The van der Waals surface area contributed by atoms with E-state index in [1.165, 1.54) is 25.9 Å². The number of hydrogen-bond acceptors (Lipinski definition) is 6. The van der Waals surface area contributed by atoms with Crippen molar-refractivity contribution in [2.45, 2.75) is 31.7 Å². The zero-order chi connectivity index (χ0) is 18.1. The molecule has 2 heterocycles. The molecule has 0 aromatic rings. The third-order valence-electron chi connectivity index (χ3n) is 2.46. The molecular formula is C9H20N2O10P2. The second-order valence-electron chi connectivity index (χ2n) is 4.52. The molecule has 2 fully saturated rings. The Morgan fingerprint density at radius 1 is 1.09 bits per heavy atom. The molecule has 1 amide bonds. The van der Waals surface area contributed by atoms with Crippen molar-refractivity contribution in [2.24, 2.45) is 0 Å². The number of rotatable bonds is 3. The van der Waals surface area contributed by atoms with Crippen LogP contribution in [0.5, 0.6) is 0 Å². The van der Waals surface area contributed by atoms with E-state index >= 15 is 0 Å². The molecule has 0 saturated carbocycles. The van der Waals surface area contributed by atoms with E-state index in [-0.39, 0.29) is 5.91 Å². The molecule has 7 N–H and O–H groups in total. The Bertz CT molecular complexity index is 455. The SMILES string of the molecule is C1CCNC1.O=C1CC[C@@H](C(=O)O)N1.O=P(O)(O)OP(=O)(O)O. The molecule has 0 unspecified atom stereocenters. The van der Waals surface area contributed by atoms with Crippen molar-refractivity contribution < 1.29 is 47.7 Å². The van der Waals surface area contributed by atoms with Crippen LogP contribution in [0, 0.1) is 0 Å². The predicted octanol–water partition coefficient (Wildman–Crippen LogP) is -1.09. The van der Waals surface area contributed by atoms with Gasteiger partial charge in [-0.05, 0) is 32.4 Å². The fraction of sp³-hybridized carbons (Fsp3) is 0.778. The fourth-order valence-electron chi connectivity index (χ4n) is 1.56. The van der Waals surface area contributed by atoms with E-state index in [2.05, 4.69) is 14.9 Å². The van der Waals surface area contributed by atoms with Crippen LogP contribution >= 0.6 is 15.6 Å². The summed E-state index contributed by atoms with van der Waals surface area (Å²) in [4.78, 5) is 51.5. The molecule has 12 nitrogen and oxygen atoms in total. The molecule has 2 saturated heterocycles. The zero-order valence-electron chi connectivity index (χ0n) is 12.0. The quantitative estimate of drug-likeness (QED) is 0.294. The van der Waals surface area contributed by atoms with Crippen LogP contribution in [-0.2, 0) is 23.0 Å². The van der Waals surface area contributed by atoms with Gasteiger partial charge in [0.05, 0.1) is 0 Å². The lowest BCUT2D eigenvalue weighted by Crippen LogP contribution is -2.32. The third kappa shape index (κ3) is 14.5. The highest BCUT2D eigenvalue weighted by atomic mass is 31.3. The molecule has 2 rings (SSSR count). The Morgan fingerprint density at radius 3 is 1.70 bits per heavy atom. The molecule has 0 spiro atoms. The zero-order valence-corrected chi connectivity index (χ0v) is 13.8. The summed E-state index contributed by atoms with van der Waals surface area (Å²) in [5.41, 5.74) is 0. The second-order valence-corrected chi connectivity index (χ2v) is 7.13. The van der Waals surface area contributed by atoms with Gasteiger partial charge in [0.2, 0.25) is 5.91 Å². The van der Waals surface area contributed by atoms with E-state index in [0.29, 0.717) is 12.8 Å². The summed E-state index contributed by atoms with van der Waals surface area (Å²) in [6.07, 6.45) is 3.55. The molecule has 2 aliphatic heterocycles. The van der Waals surface area contributed by atoms with Crippen LogP contribution in [0.1, 0.15) is 25.7 Å². The lowest BCUT2D eigenvalue weighted by Gasteiger charge is -2.03. The van der Waals surface area contributed by atoms with Gasteiger partial charge in [-0.25, -0.2) is 13.9 Å². The van der Waals surface area contributed by atoms with Gasteiger partial charge in [-0.3, -0.25) is 4.79 Å². The molecule has 0 aliphatic carbocycles. The van der Waals surface area contributed by atoms with Gasteiger partial charge in [-0.15, -0.1) is 0 Å². The number of hydrogen-bond donors (Lipinski definition) is 7. The van der Waals surface area contributed by atoms with Crippen LogP contribution in [0.25, 0.3) is 0 Å². The highest BCUT2D eigenvalue weighted by Crippen LogP contribution is 2.53. The van der Waals surface area contributed by atoms with Crippen molar-refractivity contribution in [2.75, 3.05) is 13.1 Å². The number of amides is 1. The number of carbonyl (C=O) groups excluding carboxylic acids is 1. The molecule has 0 radical (unpaired) electrons. The Hall–Kier alpha value is -0.840. The topological polar surface area (TPSA) is 203 Å². The van der Waals surface area contributed by atoms with Crippen LogP contribution in [-0.4, -0.2) is 55.7 Å². The molecular weight excluding hydrogens is 358 g/mol. The summed E-state index contributed by atoms with van der Waals surface area (Å²) in [5.74, 6) is -1.11. The van der Waals surface area contributed by atoms with Gasteiger partial charge in [0, 0.05) is 6.42 Å². The Labute approximate surface area is 131 Å². The summed E-state index contributed by atoms with van der Waals surface area (Å²) in [7, 11) is -10.1. The minimum atomic E-state index is -5.05. The number of carboxylic acids is 1. The van der Waals surface area contributed by atoms with Gasteiger partial charge in [-0.2, -0.15) is 4.31 Å². The van der Waals surface area contributed by atoms with Crippen LogP contribution in [0.2, 0.25) is 0 Å². The first-order valence-electron chi connectivity index (χ1n) is 6.46. The smallest absolute Gasteiger partial charge is 0.478 e. The van der Waals surface area contributed by atoms with Crippen LogP contribution in [0.15, 0.2) is 0 Å². The molecule has 1 atom stereocenters. The summed E-state index contributed by atoms with van der Waals surface area (Å²) in [5, 5.41) is 13.9. The first-order chi connectivity index (χ1) is 10.4. The Balaban J connectivity index is 0.000000328. The van der Waals surface area contributed by atoms with Crippen molar-refractivity contribution in [3.63, 3.8) is 0 Å². The molecule has 0 bridgehead atoms. The van der Waals surface area contributed by atoms with Gasteiger partial charge < -0.3 is 35.3 Å². The van der Waals surface area contributed by atoms with E-state index < -0.39 is 27.7 Å². The van der Waals surface area contributed by atoms with Crippen LogP contribution in [0.3, 0.4) is 0 Å². The molecule has 2 aliphatic rings. The number of carboxylic acid groups (broad SMARTS) is 1. The van der Waals surface area contributed by atoms with Gasteiger partial charge in [0.1, 0.15) is 6.04 Å². The maximum atomic E-state index is 10.4. The van der Waals surface area contributed by atoms with E-state index in [4.69, 9.17) is 24.7 Å². The summed E-state index contributed by atoms with van der Waals surface area (Å²) >= 11 is 0. The van der Waals surface area contributed by atoms with Gasteiger partial charge >= 0.3 is 21.6 Å². The van der Waals surface area contributed by atoms with E-state index in [9.17, 15) is 18.7 Å². The van der Waals surface area contributed by atoms with Crippen molar-refractivity contribution in [1.82, 2.24) is 10.6 Å². The average molecular weight is 378 g/mol. The first kappa shape index (κ1) is 22.2. The minimum absolute atomic E-state index is 0.164. The standard InChI is InChI=1S/C5H7NO3.C4H9N.H4O7P2/c7-4-2-1-3(6-4)5(8)9;1-2-4-5-3-1;1-8(2,3)7-9(4,5)6/h3H,1-2H2,(H,6,7)(H,8,9);5H,1-4H2;(H2,1,2,3)(H2,4,5,6)/t3-;;/m0../s1. The van der Waals surface area contributed by atoms with Crippen LogP contribution in [0.4, 0.5) is 0 Å². The lowest BCUT2D eigenvalue weighted by atomic mass is 10.2. The highest BCUT2D eigenvalue weighted by molar-refractivity contribution is 7.60. The largest absolute Gasteiger partial charge is 0.480 e. The summed E-state index contributed by atoms with van der Waals surface area (Å²) in [6, 6.07) is -0.641. The van der Waals surface area contributed by atoms with Crippen molar-refractivity contribution in [1.29, 1.82) is 0 Å². The van der Waals surface area contributed by atoms with Crippen LogP contribution < -0.4 is 10.6 Å². The maximum Gasteiger partial charge on any atom is 0.478 e. The molecule has 0 aromatic carbocycles. The number of phosphoric acid groups is 2. The normalized spacial score (nSPS) is 20.7. The first-order valence-corrected chi connectivity index (χ1v) is 9.52. The van der Waals surface area contributed by atoms with Gasteiger partial charge in [-0.1, -0.05) is 0 Å². The summed E-state index contributed by atoms with van der Waals surface area (Å²) in [6.45, 7) is 2.50. The van der Waals surface area contributed by atoms with E-state index in [0.717, 1.165) is 0 Å². The molecule has 136 valence electrons. The maximum absolute atomic E-state index is 10.4. The predicted molar refractivity (Wildman–Crippen MR) is 76.1 cm³/mol. The van der Waals surface area contributed by atoms with Gasteiger partial charge in [0.25, 0.3) is 0 Å². The van der Waals surface area contributed by atoms with Crippen molar-refractivity contribution >= 4 is 27.5 Å². The third-order valence-corrected chi connectivity index (χ3v) is 4.17. The number of carbonyl (C=O) groups is 2. The lowest BCUT2D eigenvalue weighted by molar-refractivity contribution is -0.140. The molecule has 14 heteroatoms. The monoisotopic (exact) mass is 378 g/mol. The molecule has 23 heavy (non-hydrogen) atoms. The van der Waals surface area contributed by atoms with Gasteiger partial charge in [0.15, 0.2) is 0 Å². The minimum Gasteiger partial charge on any atom is -0.480 e. The average Bonchev–Trinajstić information content (AvgIpc) is 2.97. The summed E-state index contributed by atoms with van der Waals surface area (Å²) < 4.78 is 22.2. The number of aliphatic carboxylic acids is 1. The Kier molecular flexibility index (Phi) is 9.74. The number of nitrogens with one attached hydrogen (secondary N) is 2. The molecule has 0 aromatic heterocycles. The fourth-order valence-corrected chi connectivity index (χ4v) is 2.67. The van der Waals surface area contributed by atoms with Crippen molar-refractivity contribution in [3.8, 4) is 0 Å². The second kappa shape index (κ2) is 10.1. The van der Waals surface area contributed by atoms with Crippen molar-refractivity contribution in [3.05, 3.63) is 0 Å².